The van der Waals surface area contributed by atoms with Crippen molar-refractivity contribution >= 4 is 42.6 Å². The summed E-state index contributed by atoms with van der Waals surface area (Å²) in [6.45, 7) is 3.45. The number of fused-ring (bicyclic) bond motifs is 2. The zero-order valence-electron chi connectivity index (χ0n) is 22.4. The molecule has 41 heavy (non-hydrogen) atoms. The molecule has 0 atom stereocenters. The van der Waals surface area contributed by atoms with Crippen LogP contribution in [0.5, 0.6) is 5.75 Å². The maximum atomic E-state index is 13.9. The highest BCUT2D eigenvalue weighted by atomic mass is 32.2. The molecule has 1 amide bonds. The largest absolute Gasteiger partial charge is 0.494 e. The Kier molecular flexibility index (Phi) is 7.53. The number of benzene rings is 3. The highest BCUT2D eigenvalue weighted by Gasteiger charge is 2.29. The average molecular weight is 585 g/mol. The number of pyridine rings is 1. The molecule has 1 aliphatic rings. The van der Waals surface area contributed by atoms with Crippen molar-refractivity contribution in [1.29, 1.82) is 0 Å². The van der Waals surface area contributed by atoms with Gasteiger partial charge in [0.2, 0.25) is 10.0 Å². The third-order valence-electron chi connectivity index (χ3n) is 7.02. The van der Waals surface area contributed by atoms with Gasteiger partial charge in [0.15, 0.2) is 5.13 Å². The van der Waals surface area contributed by atoms with E-state index in [-0.39, 0.29) is 17.3 Å². The molecular weight excluding hydrogens is 556 g/mol. The van der Waals surface area contributed by atoms with Crippen LogP contribution in [0.1, 0.15) is 34.1 Å². The predicted octanol–water partition coefficient (Wildman–Crippen LogP) is 5.68. The second-order valence-electron chi connectivity index (χ2n) is 9.65. The van der Waals surface area contributed by atoms with Crippen molar-refractivity contribution in [2.24, 2.45) is 0 Å². The van der Waals surface area contributed by atoms with Crippen LogP contribution >= 0.6 is 11.3 Å². The molecule has 2 aromatic heterocycles. The van der Waals surface area contributed by atoms with Crippen molar-refractivity contribution in [2.75, 3.05) is 18.1 Å². The smallest absolute Gasteiger partial charge is 0.260 e. The third kappa shape index (κ3) is 5.58. The van der Waals surface area contributed by atoms with Crippen LogP contribution in [0.15, 0.2) is 96.0 Å². The van der Waals surface area contributed by atoms with Gasteiger partial charge in [0.1, 0.15) is 5.75 Å². The highest BCUT2D eigenvalue weighted by Crippen LogP contribution is 2.33. The predicted molar refractivity (Wildman–Crippen MR) is 160 cm³/mol. The van der Waals surface area contributed by atoms with Crippen molar-refractivity contribution in [2.45, 2.75) is 31.3 Å². The number of nitrogens with zero attached hydrogens (tertiary/aromatic N) is 4. The Hall–Kier alpha value is -4.12. The average Bonchev–Trinajstić information content (AvgIpc) is 3.43. The molecule has 1 aliphatic heterocycles. The summed E-state index contributed by atoms with van der Waals surface area (Å²) in [5.74, 6) is 0.447. The summed E-state index contributed by atoms with van der Waals surface area (Å²) < 4.78 is 34.9. The molecule has 10 heteroatoms. The molecular formula is C31H28N4O4S2. The standard InChI is InChI=1S/C31H28N4O4S2/c1-2-39-26-12-15-28-29(19-26)40-31(33-28)35(21-25-9-5-6-17-32-25)30(36)23-10-13-27(14-11-23)41(37,38)34-18-16-22-7-3-4-8-24(22)20-34/h3-15,17,19H,2,16,18,20-21H2,1H3. The van der Waals surface area contributed by atoms with E-state index in [1.165, 1.54) is 33.3 Å². The molecule has 6 rings (SSSR count). The van der Waals surface area contributed by atoms with Gasteiger partial charge in [-0.3, -0.25) is 14.7 Å². The lowest BCUT2D eigenvalue weighted by Gasteiger charge is -2.28. The number of aromatic nitrogens is 2. The first-order valence-electron chi connectivity index (χ1n) is 13.3. The first-order valence-corrected chi connectivity index (χ1v) is 15.6. The molecule has 0 aliphatic carbocycles. The van der Waals surface area contributed by atoms with Gasteiger partial charge in [-0.1, -0.05) is 41.7 Å². The Bertz CT molecular complexity index is 1810. The first kappa shape index (κ1) is 27.1. The van der Waals surface area contributed by atoms with Gasteiger partial charge in [0, 0.05) is 24.8 Å². The molecule has 208 valence electrons. The van der Waals surface area contributed by atoms with Gasteiger partial charge in [-0.05, 0) is 79.1 Å². The fraction of sp³-hybridized carbons (Fsp3) is 0.194. The second kappa shape index (κ2) is 11.4. The van der Waals surface area contributed by atoms with Crippen LogP contribution in [-0.2, 0) is 29.5 Å². The van der Waals surface area contributed by atoms with E-state index < -0.39 is 10.0 Å². The van der Waals surface area contributed by atoms with E-state index in [4.69, 9.17) is 9.72 Å². The van der Waals surface area contributed by atoms with Crippen LogP contribution in [0, 0.1) is 0 Å². The summed E-state index contributed by atoms with van der Waals surface area (Å²) in [6, 6.07) is 25.3. The third-order valence-corrected chi connectivity index (χ3v) is 9.92. The van der Waals surface area contributed by atoms with Gasteiger partial charge in [-0.2, -0.15) is 4.31 Å². The Labute approximate surface area is 242 Å². The highest BCUT2D eigenvalue weighted by molar-refractivity contribution is 7.89. The van der Waals surface area contributed by atoms with Gasteiger partial charge in [0.05, 0.1) is 34.0 Å². The van der Waals surface area contributed by atoms with Gasteiger partial charge in [0.25, 0.3) is 5.91 Å². The lowest BCUT2D eigenvalue weighted by Crippen LogP contribution is -2.36. The number of hydrogen-bond donors (Lipinski definition) is 0. The summed E-state index contributed by atoms with van der Waals surface area (Å²) >= 11 is 1.39. The monoisotopic (exact) mass is 584 g/mol. The molecule has 0 bridgehead atoms. The van der Waals surface area contributed by atoms with E-state index in [1.807, 2.05) is 67.6 Å². The molecule has 8 nitrogen and oxygen atoms in total. The van der Waals surface area contributed by atoms with Crippen molar-refractivity contribution in [3.05, 3.63) is 114 Å². The summed E-state index contributed by atoms with van der Waals surface area (Å²) in [7, 11) is -3.72. The number of carbonyl (C=O) groups is 1. The summed E-state index contributed by atoms with van der Waals surface area (Å²) in [4.78, 5) is 24.8. The molecule has 0 saturated heterocycles. The molecule has 3 heterocycles. The minimum atomic E-state index is -3.72. The molecule has 0 unspecified atom stereocenters. The Balaban J connectivity index is 1.29. The number of rotatable bonds is 8. The number of ether oxygens (including phenoxy) is 1. The SMILES string of the molecule is CCOc1ccc2nc(N(Cc3ccccn3)C(=O)c3ccc(S(=O)(=O)N4CCc5ccccc5C4)cc3)sc2c1. The fourth-order valence-electron chi connectivity index (χ4n) is 4.89. The van der Waals surface area contributed by atoms with Crippen LogP contribution in [-0.4, -0.2) is 41.7 Å². The number of carbonyl (C=O) groups excluding carboxylic acids is 1. The van der Waals surface area contributed by atoms with Crippen molar-refractivity contribution in [3.63, 3.8) is 0 Å². The van der Waals surface area contributed by atoms with Gasteiger partial charge in [-0.15, -0.1) is 0 Å². The Morgan fingerprint density at radius 2 is 1.78 bits per heavy atom. The van der Waals surface area contributed by atoms with Gasteiger partial charge >= 0.3 is 0 Å². The van der Waals surface area contributed by atoms with Crippen LogP contribution in [0.4, 0.5) is 5.13 Å². The quantitative estimate of drug-likeness (QED) is 0.233. The van der Waals surface area contributed by atoms with Crippen molar-refractivity contribution < 1.29 is 17.9 Å². The van der Waals surface area contributed by atoms with Crippen LogP contribution < -0.4 is 9.64 Å². The van der Waals surface area contributed by atoms with Gasteiger partial charge < -0.3 is 4.74 Å². The van der Waals surface area contributed by atoms with Crippen LogP contribution in [0.25, 0.3) is 10.2 Å². The van der Waals surface area contributed by atoms with E-state index in [0.717, 1.165) is 21.5 Å². The molecule has 0 N–H and O–H groups in total. The lowest BCUT2D eigenvalue weighted by molar-refractivity contribution is 0.0984. The fourth-order valence-corrected chi connectivity index (χ4v) is 7.30. The van der Waals surface area contributed by atoms with E-state index >= 15 is 0 Å². The Morgan fingerprint density at radius 3 is 2.54 bits per heavy atom. The summed E-state index contributed by atoms with van der Waals surface area (Å²) in [5, 5.41) is 0.521. The lowest BCUT2D eigenvalue weighted by atomic mass is 10.0. The topological polar surface area (TPSA) is 92.7 Å². The number of anilines is 1. The molecule has 5 aromatic rings. The molecule has 0 saturated carbocycles. The molecule has 0 radical (unpaired) electrons. The zero-order valence-corrected chi connectivity index (χ0v) is 24.1. The summed E-state index contributed by atoms with van der Waals surface area (Å²) in [6.07, 6.45) is 2.35. The normalized spacial score (nSPS) is 13.6. The number of sulfonamides is 1. The van der Waals surface area contributed by atoms with E-state index in [2.05, 4.69) is 4.98 Å². The Morgan fingerprint density at radius 1 is 1.00 bits per heavy atom. The van der Waals surface area contributed by atoms with Gasteiger partial charge in [-0.25, -0.2) is 13.4 Å². The number of amides is 1. The van der Waals surface area contributed by atoms with Crippen LogP contribution in [0.3, 0.4) is 0 Å². The molecule has 0 spiro atoms. The maximum Gasteiger partial charge on any atom is 0.260 e. The van der Waals surface area contributed by atoms with E-state index in [1.54, 1.807) is 23.2 Å². The minimum Gasteiger partial charge on any atom is -0.494 e. The summed E-state index contributed by atoms with van der Waals surface area (Å²) in [5.41, 5.74) is 4.02. The molecule has 0 fully saturated rings. The van der Waals surface area contributed by atoms with E-state index in [9.17, 15) is 13.2 Å². The zero-order chi connectivity index (χ0) is 28.4. The first-order chi connectivity index (χ1) is 19.9. The van der Waals surface area contributed by atoms with Crippen molar-refractivity contribution in [1.82, 2.24) is 14.3 Å². The van der Waals surface area contributed by atoms with Crippen molar-refractivity contribution in [3.8, 4) is 5.75 Å². The second-order valence-corrected chi connectivity index (χ2v) is 12.6. The minimum absolute atomic E-state index is 0.160. The maximum absolute atomic E-state index is 13.9. The number of thiazole rings is 1. The molecule has 3 aromatic carbocycles. The van der Waals surface area contributed by atoms with Crippen LogP contribution in [0.2, 0.25) is 0 Å². The van der Waals surface area contributed by atoms with E-state index in [0.29, 0.717) is 42.5 Å². The number of hydrogen-bond acceptors (Lipinski definition) is 7.